The second-order valence-electron chi connectivity index (χ2n) is 7.19. The van der Waals surface area contributed by atoms with E-state index in [1.165, 1.54) is 31.3 Å². The molecule has 2 aromatic rings. The lowest BCUT2D eigenvalue weighted by Gasteiger charge is -2.28. The second kappa shape index (κ2) is 9.71. The number of likely N-dealkylation sites (tertiary alicyclic amines) is 1. The van der Waals surface area contributed by atoms with Gasteiger partial charge < -0.3 is 5.32 Å². The topological polar surface area (TPSA) is 69.7 Å². The quantitative estimate of drug-likeness (QED) is 0.692. The van der Waals surface area contributed by atoms with Crippen LogP contribution in [0.2, 0.25) is 5.02 Å². The van der Waals surface area contributed by atoms with Crippen LogP contribution in [0.1, 0.15) is 24.4 Å². The van der Waals surface area contributed by atoms with Gasteiger partial charge >= 0.3 is 0 Å². The number of benzene rings is 2. The molecule has 3 rings (SSSR count). The van der Waals surface area contributed by atoms with Crippen LogP contribution >= 0.6 is 11.6 Å². The van der Waals surface area contributed by atoms with Gasteiger partial charge in [0.05, 0.1) is 17.5 Å². The molecule has 0 bridgehead atoms. The number of amides is 1. The van der Waals surface area contributed by atoms with Crippen LogP contribution in [0.25, 0.3) is 0 Å². The summed E-state index contributed by atoms with van der Waals surface area (Å²) < 4.78 is 26.3. The van der Waals surface area contributed by atoms with Gasteiger partial charge in [0.15, 0.2) is 0 Å². The first-order valence-corrected chi connectivity index (χ1v) is 11.5. The van der Waals surface area contributed by atoms with Crippen molar-refractivity contribution in [2.24, 2.45) is 0 Å². The fourth-order valence-electron chi connectivity index (χ4n) is 3.53. The van der Waals surface area contributed by atoms with Gasteiger partial charge in [-0.3, -0.25) is 9.69 Å². The highest BCUT2D eigenvalue weighted by Gasteiger charge is 2.26. The summed E-state index contributed by atoms with van der Waals surface area (Å²) >= 11 is 5.82. The molecule has 0 radical (unpaired) electrons. The Labute approximate surface area is 177 Å². The lowest BCUT2D eigenvalue weighted by atomic mass is 10.1. The molecule has 0 aliphatic carbocycles. The van der Waals surface area contributed by atoms with Crippen LogP contribution < -0.4 is 5.32 Å². The van der Waals surface area contributed by atoms with Crippen LogP contribution in [0.5, 0.6) is 0 Å². The lowest BCUT2D eigenvalue weighted by molar-refractivity contribution is -0.121. The molecule has 1 saturated heterocycles. The summed E-state index contributed by atoms with van der Waals surface area (Å²) in [5.41, 5.74) is 1.15. The molecular weight excluding hydrogens is 410 g/mol. The molecule has 8 heteroatoms. The van der Waals surface area contributed by atoms with Gasteiger partial charge in [0.2, 0.25) is 15.9 Å². The molecule has 2 aromatic carbocycles. The number of hydrogen-bond donors (Lipinski definition) is 1. The maximum Gasteiger partial charge on any atom is 0.243 e. The van der Waals surface area contributed by atoms with E-state index in [4.69, 9.17) is 11.6 Å². The smallest absolute Gasteiger partial charge is 0.243 e. The van der Waals surface area contributed by atoms with Crippen LogP contribution in [0.4, 0.5) is 0 Å². The summed E-state index contributed by atoms with van der Waals surface area (Å²) in [6.07, 6.45) is 2.30. The summed E-state index contributed by atoms with van der Waals surface area (Å²) in [6, 6.07) is 16.1. The number of nitrogens with zero attached hydrogens (tertiary/aromatic N) is 2. The molecule has 1 N–H and O–H groups in total. The van der Waals surface area contributed by atoms with Crippen molar-refractivity contribution in [2.45, 2.75) is 23.8 Å². The van der Waals surface area contributed by atoms with E-state index in [1.807, 2.05) is 18.2 Å². The van der Waals surface area contributed by atoms with Crippen LogP contribution in [0.3, 0.4) is 0 Å². The lowest BCUT2D eigenvalue weighted by Crippen LogP contribution is -2.42. The van der Waals surface area contributed by atoms with E-state index in [1.54, 1.807) is 0 Å². The minimum atomic E-state index is -3.75. The van der Waals surface area contributed by atoms with Gasteiger partial charge in [-0.1, -0.05) is 41.9 Å². The molecule has 1 fully saturated rings. The van der Waals surface area contributed by atoms with E-state index in [0.29, 0.717) is 11.6 Å². The standard InChI is InChI=1S/C21H26ClN3O3S/c1-24(29(27,28)19-11-9-18(22)10-12-19)16-21(26)23-15-20(25-13-5-6-14-25)17-7-3-2-4-8-17/h2-4,7-12,20H,5-6,13-16H2,1H3,(H,23,26)/t20-/m1/s1. The maximum absolute atomic E-state index is 12.6. The van der Waals surface area contributed by atoms with Crippen molar-refractivity contribution in [3.63, 3.8) is 0 Å². The number of nitrogens with one attached hydrogen (secondary N) is 1. The Balaban J connectivity index is 1.62. The molecule has 1 atom stereocenters. The summed E-state index contributed by atoms with van der Waals surface area (Å²) in [4.78, 5) is 15.0. The van der Waals surface area contributed by atoms with E-state index >= 15 is 0 Å². The average Bonchev–Trinajstić information content (AvgIpc) is 3.24. The number of carbonyl (C=O) groups excluding carboxylic acids is 1. The first kappa shape index (κ1) is 21.8. The Morgan fingerprint density at radius 3 is 2.34 bits per heavy atom. The van der Waals surface area contributed by atoms with Gasteiger partial charge in [-0.05, 0) is 55.8 Å². The molecule has 0 aromatic heterocycles. The van der Waals surface area contributed by atoms with Crippen LogP contribution in [0, 0.1) is 0 Å². The van der Waals surface area contributed by atoms with E-state index in [2.05, 4.69) is 22.3 Å². The Kier molecular flexibility index (Phi) is 7.29. The summed E-state index contributed by atoms with van der Waals surface area (Å²) in [5, 5.41) is 3.37. The highest BCUT2D eigenvalue weighted by molar-refractivity contribution is 7.89. The molecular formula is C21H26ClN3O3S. The number of carbonyl (C=O) groups is 1. The third-order valence-electron chi connectivity index (χ3n) is 5.15. The normalized spacial score (nSPS) is 16.1. The van der Waals surface area contributed by atoms with Crippen LogP contribution in [-0.2, 0) is 14.8 Å². The van der Waals surface area contributed by atoms with Crippen molar-refractivity contribution in [3.05, 3.63) is 65.2 Å². The average molecular weight is 436 g/mol. The van der Waals surface area contributed by atoms with Crippen molar-refractivity contribution in [1.29, 1.82) is 0 Å². The molecule has 29 heavy (non-hydrogen) atoms. The molecule has 1 aliphatic heterocycles. The Morgan fingerprint density at radius 2 is 1.72 bits per heavy atom. The summed E-state index contributed by atoms with van der Waals surface area (Å²) in [6.45, 7) is 2.20. The SMILES string of the molecule is CN(CC(=O)NC[C@H](c1ccccc1)N1CCCC1)S(=O)(=O)c1ccc(Cl)cc1. The van der Waals surface area contributed by atoms with Gasteiger partial charge in [-0.25, -0.2) is 8.42 Å². The summed E-state index contributed by atoms with van der Waals surface area (Å²) in [7, 11) is -2.35. The van der Waals surface area contributed by atoms with Gasteiger partial charge in [0.1, 0.15) is 0 Å². The van der Waals surface area contributed by atoms with Crippen molar-refractivity contribution >= 4 is 27.5 Å². The monoisotopic (exact) mass is 435 g/mol. The van der Waals surface area contributed by atoms with Gasteiger partial charge in [-0.2, -0.15) is 4.31 Å². The van der Waals surface area contributed by atoms with E-state index < -0.39 is 10.0 Å². The fraction of sp³-hybridized carbons (Fsp3) is 0.381. The molecule has 156 valence electrons. The number of halogens is 1. The molecule has 0 unspecified atom stereocenters. The van der Waals surface area contributed by atoms with Crippen molar-refractivity contribution in [2.75, 3.05) is 33.2 Å². The highest BCUT2D eigenvalue weighted by Crippen LogP contribution is 2.24. The van der Waals surface area contributed by atoms with Crippen molar-refractivity contribution < 1.29 is 13.2 Å². The fourth-order valence-corrected chi connectivity index (χ4v) is 4.78. The second-order valence-corrected chi connectivity index (χ2v) is 9.67. The zero-order chi connectivity index (χ0) is 20.9. The number of likely N-dealkylation sites (N-methyl/N-ethyl adjacent to an activating group) is 1. The van der Waals surface area contributed by atoms with E-state index in [-0.39, 0.29) is 23.4 Å². The van der Waals surface area contributed by atoms with Crippen LogP contribution in [-0.4, -0.2) is 56.8 Å². The summed E-state index contributed by atoms with van der Waals surface area (Å²) in [5.74, 6) is -0.329. The number of rotatable bonds is 8. The zero-order valence-electron chi connectivity index (χ0n) is 16.4. The Morgan fingerprint density at radius 1 is 1.10 bits per heavy atom. The molecule has 6 nitrogen and oxygen atoms in total. The molecule has 1 aliphatic rings. The third-order valence-corrected chi connectivity index (χ3v) is 7.22. The van der Waals surface area contributed by atoms with Crippen molar-refractivity contribution in [3.8, 4) is 0 Å². The Bertz CT molecular complexity index is 914. The first-order valence-electron chi connectivity index (χ1n) is 9.65. The van der Waals surface area contributed by atoms with E-state index in [9.17, 15) is 13.2 Å². The predicted molar refractivity (Wildman–Crippen MR) is 114 cm³/mol. The van der Waals surface area contributed by atoms with E-state index in [0.717, 1.165) is 35.8 Å². The predicted octanol–water partition coefficient (Wildman–Crippen LogP) is 2.91. The third kappa shape index (κ3) is 5.57. The number of hydrogen-bond acceptors (Lipinski definition) is 4. The maximum atomic E-state index is 12.6. The number of sulfonamides is 1. The highest BCUT2D eigenvalue weighted by atomic mass is 35.5. The first-order chi connectivity index (χ1) is 13.9. The Hall–Kier alpha value is -1.93. The zero-order valence-corrected chi connectivity index (χ0v) is 18.0. The molecule has 1 amide bonds. The molecule has 0 spiro atoms. The minimum Gasteiger partial charge on any atom is -0.353 e. The largest absolute Gasteiger partial charge is 0.353 e. The van der Waals surface area contributed by atoms with Gasteiger partial charge in [0, 0.05) is 18.6 Å². The minimum absolute atomic E-state index is 0.0841. The molecule has 0 saturated carbocycles. The van der Waals surface area contributed by atoms with Gasteiger partial charge in [-0.15, -0.1) is 0 Å². The molecule has 1 heterocycles. The van der Waals surface area contributed by atoms with Crippen molar-refractivity contribution in [1.82, 2.24) is 14.5 Å². The van der Waals surface area contributed by atoms with Crippen LogP contribution in [0.15, 0.2) is 59.5 Å². The van der Waals surface area contributed by atoms with Gasteiger partial charge in [0.25, 0.3) is 0 Å².